The Morgan fingerprint density at radius 1 is 0.882 bits per heavy atom. The van der Waals surface area contributed by atoms with Gasteiger partial charge in [-0.3, -0.25) is 14.4 Å². The molecule has 1 N–H and O–H groups in total. The van der Waals surface area contributed by atoms with Gasteiger partial charge in [0.1, 0.15) is 11.5 Å². The molecule has 7 heteroatoms. The lowest BCUT2D eigenvalue weighted by Gasteiger charge is -2.11. The Hall–Kier alpha value is -4.39. The van der Waals surface area contributed by atoms with Crippen LogP contribution in [0.15, 0.2) is 78.9 Å². The van der Waals surface area contributed by atoms with E-state index in [1.165, 1.54) is 11.0 Å². The maximum atomic E-state index is 12.6. The number of anilines is 1. The number of carbonyl (C=O) groups excluding carboxylic acids is 3. The lowest BCUT2D eigenvalue weighted by molar-refractivity contribution is -0.130. The average Bonchev–Trinajstić information content (AvgIpc) is 2.86. The topological polar surface area (TPSA) is 84.9 Å². The Bertz CT molecular complexity index is 1200. The van der Waals surface area contributed by atoms with Crippen LogP contribution in [0.1, 0.15) is 26.3 Å². The predicted molar refractivity (Wildman–Crippen MR) is 131 cm³/mol. The van der Waals surface area contributed by atoms with Crippen LogP contribution in [0.4, 0.5) is 5.69 Å². The Morgan fingerprint density at radius 3 is 2.32 bits per heavy atom. The van der Waals surface area contributed by atoms with Crippen LogP contribution in [-0.4, -0.2) is 50.3 Å². The lowest BCUT2D eigenvalue weighted by atomic mass is 10.1. The number of nitrogens with zero attached hydrogens (tertiary/aromatic N) is 1. The molecule has 0 spiro atoms. The zero-order valence-corrected chi connectivity index (χ0v) is 19.3. The van der Waals surface area contributed by atoms with E-state index in [0.29, 0.717) is 28.3 Å². The molecule has 0 bridgehead atoms. The van der Waals surface area contributed by atoms with Crippen molar-refractivity contribution in [1.29, 1.82) is 0 Å². The van der Waals surface area contributed by atoms with Gasteiger partial charge in [-0.2, -0.15) is 0 Å². The molecule has 0 aliphatic rings. The molecule has 0 heterocycles. The third-order valence-corrected chi connectivity index (χ3v) is 4.90. The van der Waals surface area contributed by atoms with Crippen molar-refractivity contribution in [1.82, 2.24) is 4.90 Å². The highest BCUT2D eigenvalue weighted by molar-refractivity contribution is 6.07. The van der Waals surface area contributed by atoms with Crippen molar-refractivity contribution in [3.63, 3.8) is 0 Å². The summed E-state index contributed by atoms with van der Waals surface area (Å²) in [6.07, 6.45) is 3.13. The number of rotatable bonds is 9. The molecular formula is C27H26N2O5. The fourth-order valence-corrected chi connectivity index (χ4v) is 2.95. The quantitative estimate of drug-likeness (QED) is 0.382. The molecule has 0 unspecified atom stereocenters. The third-order valence-electron chi connectivity index (χ3n) is 4.90. The van der Waals surface area contributed by atoms with E-state index in [1.54, 1.807) is 94.0 Å². The van der Waals surface area contributed by atoms with Crippen molar-refractivity contribution < 1.29 is 23.9 Å². The second kappa shape index (κ2) is 11.5. The minimum atomic E-state index is -0.246. The van der Waals surface area contributed by atoms with Crippen LogP contribution >= 0.6 is 0 Å². The van der Waals surface area contributed by atoms with Gasteiger partial charge >= 0.3 is 0 Å². The first kappa shape index (κ1) is 24.3. The largest absolute Gasteiger partial charge is 0.497 e. The van der Waals surface area contributed by atoms with Gasteiger partial charge in [0, 0.05) is 30.9 Å². The molecule has 0 fully saturated rings. The summed E-state index contributed by atoms with van der Waals surface area (Å²) in [4.78, 5) is 38.2. The highest BCUT2D eigenvalue weighted by Gasteiger charge is 2.09. The normalized spacial score (nSPS) is 10.6. The summed E-state index contributed by atoms with van der Waals surface area (Å²) in [5.74, 6) is 0.488. The van der Waals surface area contributed by atoms with Crippen LogP contribution in [0, 0.1) is 0 Å². The second-order valence-corrected chi connectivity index (χ2v) is 7.61. The fraction of sp³-hybridized carbons (Fsp3) is 0.148. The van der Waals surface area contributed by atoms with Gasteiger partial charge in [0.25, 0.3) is 11.8 Å². The van der Waals surface area contributed by atoms with Crippen LogP contribution in [0.2, 0.25) is 0 Å². The summed E-state index contributed by atoms with van der Waals surface area (Å²) >= 11 is 0. The molecule has 0 aromatic heterocycles. The van der Waals surface area contributed by atoms with E-state index in [-0.39, 0.29) is 24.2 Å². The fourth-order valence-electron chi connectivity index (χ4n) is 2.95. The number of likely N-dealkylation sites (N-methyl/N-ethyl adjacent to an activating group) is 1. The van der Waals surface area contributed by atoms with E-state index in [0.717, 1.165) is 5.56 Å². The monoisotopic (exact) mass is 458 g/mol. The molecule has 3 rings (SSSR count). The van der Waals surface area contributed by atoms with Gasteiger partial charge in [-0.1, -0.05) is 30.3 Å². The van der Waals surface area contributed by atoms with Crippen LogP contribution in [-0.2, 0) is 4.79 Å². The smallest absolute Gasteiger partial charge is 0.259 e. The van der Waals surface area contributed by atoms with Crippen molar-refractivity contribution in [2.24, 2.45) is 0 Å². The van der Waals surface area contributed by atoms with Crippen molar-refractivity contribution in [2.75, 3.05) is 33.1 Å². The first-order chi connectivity index (χ1) is 16.4. The zero-order valence-electron chi connectivity index (χ0n) is 19.3. The van der Waals surface area contributed by atoms with Crippen molar-refractivity contribution >= 4 is 29.4 Å². The number of allylic oxidation sites excluding steroid dienone is 1. The Kier molecular flexibility index (Phi) is 8.18. The Morgan fingerprint density at radius 2 is 1.62 bits per heavy atom. The molecule has 34 heavy (non-hydrogen) atoms. The van der Waals surface area contributed by atoms with Crippen LogP contribution in [0.25, 0.3) is 6.08 Å². The molecule has 0 aliphatic carbocycles. The van der Waals surface area contributed by atoms with Crippen molar-refractivity contribution in [3.05, 3.63) is 95.6 Å². The summed E-state index contributed by atoms with van der Waals surface area (Å²) in [5, 5.41) is 2.85. The van der Waals surface area contributed by atoms with Crippen LogP contribution in [0.5, 0.6) is 11.5 Å². The predicted octanol–water partition coefficient (Wildman–Crippen LogP) is 4.31. The van der Waals surface area contributed by atoms with E-state index >= 15 is 0 Å². The maximum absolute atomic E-state index is 12.6. The summed E-state index contributed by atoms with van der Waals surface area (Å²) in [6, 6.07) is 20.7. The van der Waals surface area contributed by atoms with Gasteiger partial charge in [0.05, 0.1) is 7.11 Å². The summed E-state index contributed by atoms with van der Waals surface area (Å²) < 4.78 is 10.6. The number of amides is 2. The molecule has 3 aromatic rings. The van der Waals surface area contributed by atoms with Crippen molar-refractivity contribution in [3.8, 4) is 11.5 Å². The van der Waals surface area contributed by atoms with Gasteiger partial charge in [-0.15, -0.1) is 0 Å². The molecule has 0 radical (unpaired) electrons. The first-order valence-electron chi connectivity index (χ1n) is 10.6. The summed E-state index contributed by atoms with van der Waals surface area (Å²) in [7, 11) is 4.86. The summed E-state index contributed by atoms with van der Waals surface area (Å²) in [6.45, 7) is -0.102. The number of benzene rings is 3. The van der Waals surface area contributed by atoms with E-state index in [4.69, 9.17) is 9.47 Å². The standard InChI is InChI=1S/C27H26N2O5/c1-29(2)26(31)18-34-24-9-5-7-21(17-24)25(30)15-10-19-6-4-8-22(16-19)28-27(32)20-11-13-23(33-3)14-12-20/h4-17H,18H2,1-3H3,(H,28,32)/b15-10+. The number of hydrogen-bond acceptors (Lipinski definition) is 5. The number of ketones is 1. The molecule has 7 nitrogen and oxygen atoms in total. The van der Waals surface area contributed by atoms with E-state index in [9.17, 15) is 14.4 Å². The number of carbonyl (C=O) groups is 3. The molecule has 3 aromatic carbocycles. The van der Waals surface area contributed by atoms with Gasteiger partial charge in [0.15, 0.2) is 12.4 Å². The maximum Gasteiger partial charge on any atom is 0.259 e. The SMILES string of the molecule is COc1ccc(C(=O)Nc2cccc(/C=C/C(=O)c3cccc(OCC(=O)N(C)C)c3)c2)cc1. The van der Waals surface area contributed by atoms with Crippen LogP contribution in [0.3, 0.4) is 0 Å². The van der Waals surface area contributed by atoms with E-state index < -0.39 is 0 Å². The van der Waals surface area contributed by atoms with Crippen molar-refractivity contribution in [2.45, 2.75) is 0 Å². The van der Waals surface area contributed by atoms with Gasteiger partial charge < -0.3 is 19.7 Å². The summed E-state index contributed by atoms with van der Waals surface area (Å²) in [5.41, 5.74) is 2.31. The minimum Gasteiger partial charge on any atom is -0.497 e. The molecule has 0 aliphatic heterocycles. The van der Waals surface area contributed by atoms with Gasteiger partial charge in [0.2, 0.25) is 0 Å². The van der Waals surface area contributed by atoms with Gasteiger partial charge in [-0.25, -0.2) is 0 Å². The number of nitrogens with one attached hydrogen (secondary N) is 1. The highest BCUT2D eigenvalue weighted by Crippen LogP contribution is 2.17. The average molecular weight is 459 g/mol. The highest BCUT2D eigenvalue weighted by atomic mass is 16.5. The molecule has 0 saturated carbocycles. The van der Waals surface area contributed by atoms with Crippen LogP contribution < -0.4 is 14.8 Å². The molecule has 2 amide bonds. The molecule has 0 atom stereocenters. The number of ether oxygens (including phenoxy) is 2. The third kappa shape index (κ3) is 6.80. The minimum absolute atomic E-state index is 0.102. The molecule has 174 valence electrons. The number of hydrogen-bond donors (Lipinski definition) is 1. The zero-order chi connectivity index (χ0) is 24.5. The Labute approximate surface area is 198 Å². The first-order valence-corrected chi connectivity index (χ1v) is 10.6. The number of methoxy groups -OCH3 is 1. The molecule has 0 saturated heterocycles. The Balaban J connectivity index is 1.63. The second-order valence-electron chi connectivity index (χ2n) is 7.61. The molecular weight excluding hydrogens is 432 g/mol. The van der Waals surface area contributed by atoms with E-state index in [2.05, 4.69) is 5.32 Å². The van der Waals surface area contributed by atoms with Gasteiger partial charge in [-0.05, 0) is 60.2 Å². The van der Waals surface area contributed by atoms with E-state index in [1.807, 2.05) is 6.07 Å². The lowest BCUT2D eigenvalue weighted by Crippen LogP contribution is -2.27.